The van der Waals surface area contributed by atoms with Crippen LogP contribution in [0, 0.1) is 0 Å². The molecule has 6 nitrogen and oxygen atoms in total. The predicted molar refractivity (Wildman–Crippen MR) is 66.7 cm³/mol. The van der Waals surface area contributed by atoms with E-state index in [9.17, 15) is 4.79 Å². The fourth-order valence-corrected chi connectivity index (χ4v) is 1.84. The second kappa shape index (κ2) is 5.79. The Kier molecular flexibility index (Phi) is 4.11. The molecule has 1 heterocycles. The molecule has 2 rings (SSSR count). The number of carbonyl (C=O) groups is 1. The minimum Gasteiger partial charge on any atom is -0.352 e. The Morgan fingerprint density at radius 3 is 2.89 bits per heavy atom. The molecular weight excluding hydrogens is 277 g/mol. The summed E-state index contributed by atoms with van der Waals surface area (Å²) in [6, 6.07) is 4.72. The third-order valence-corrected chi connectivity index (χ3v) is 2.75. The smallest absolute Gasteiger partial charge is 0.252 e. The van der Waals surface area contributed by atoms with E-state index in [1.165, 1.54) is 6.07 Å². The number of benzene rings is 1. The Hall–Kier alpha value is -1.66. The molecule has 1 amide bonds. The molecule has 0 bridgehead atoms. The van der Waals surface area contributed by atoms with E-state index in [4.69, 9.17) is 23.2 Å². The van der Waals surface area contributed by atoms with Crippen molar-refractivity contribution < 1.29 is 4.79 Å². The standard InChI is InChI=1S/C10H9Cl2N5O/c11-6-1-2-7(8(12)5-6)10(18)13-4-3-9-14-16-17-15-9/h1-2,5H,3-4H2,(H,13,18)(H,14,15,16,17). The maximum absolute atomic E-state index is 11.8. The van der Waals surface area contributed by atoms with Gasteiger partial charge in [-0.25, -0.2) is 0 Å². The lowest BCUT2D eigenvalue weighted by Gasteiger charge is -2.05. The minimum atomic E-state index is -0.264. The van der Waals surface area contributed by atoms with Gasteiger partial charge in [0.15, 0.2) is 5.82 Å². The van der Waals surface area contributed by atoms with Crippen molar-refractivity contribution in [1.82, 2.24) is 25.9 Å². The molecule has 0 aliphatic heterocycles. The van der Waals surface area contributed by atoms with Crippen LogP contribution in [-0.4, -0.2) is 33.1 Å². The largest absolute Gasteiger partial charge is 0.352 e. The van der Waals surface area contributed by atoms with Crippen molar-refractivity contribution in [3.8, 4) is 0 Å². The van der Waals surface area contributed by atoms with Crippen molar-refractivity contribution in [3.63, 3.8) is 0 Å². The van der Waals surface area contributed by atoms with E-state index in [2.05, 4.69) is 25.9 Å². The monoisotopic (exact) mass is 285 g/mol. The van der Waals surface area contributed by atoms with Gasteiger partial charge in [0.25, 0.3) is 5.91 Å². The molecule has 0 radical (unpaired) electrons. The molecule has 1 aromatic carbocycles. The van der Waals surface area contributed by atoms with Crippen LogP contribution in [0.25, 0.3) is 0 Å². The summed E-state index contributed by atoms with van der Waals surface area (Å²) in [5.74, 6) is 0.276. The average molecular weight is 286 g/mol. The molecule has 2 N–H and O–H groups in total. The van der Waals surface area contributed by atoms with Crippen LogP contribution >= 0.6 is 23.2 Å². The van der Waals surface area contributed by atoms with Crippen LogP contribution in [0.5, 0.6) is 0 Å². The van der Waals surface area contributed by atoms with Crippen molar-refractivity contribution in [3.05, 3.63) is 39.6 Å². The summed E-state index contributed by atoms with van der Waals surface area (Å²) >= 11 is 11.7. The van der Waals surface area contributed by atoms with Gasteiger partial charge in [0, 0.05) is 18.0 Å². The Morgan fingerprint density at radius 2 is 2.22 bits per heavy atom. The molecule has 2 aromatic rings. The molecular formula is C10H9Cl2N5O. The van der Waals surface area contributed by atoms with Gasteiger partial charge < -0.3 is 5.32 Å². The van der Waals surface area contributed by atoms with Gasteiger partial charge in [-0.1, -0.05) is 28.4 Å². The summed E-state index contributed by atoms with van der Waals surface area (Å²) in [6.45, 7) is 0.400. The number of H-pyrrole nitrogens is 1. The van der Waals surface area contributed by atoms with Crippen molar-refractivity contribution in [2.24, 2.45) is 0 Å². The lowest BCUT2D eigenvalue weighted by molar-refractivity contribution is 0.0954. The molecule has 8 heteroatoms. The summed E-state index contributed by atoms with van der Waals surface area (Å²) in [4.78, 5) is 11.8. The number of rotatable bonds is 4. The summed E-state index contributed by atoms with van der Waals surface area (Å²) in [6.07, 6.45) is 0.494. The van der Waals surface area contributed by atoms with Gasteiger partial charge in [0.2, 0.25) is 0 Å². The number of aromatic amines is 1. The van der Waals surface area contributed by atoms with Gasteiger partial charge in [-0.3, -0.25) is 4.79 Å². The van der Waals surface area contributed by atoms with Crippen LogP contribution in [0.2, 0.25) is 10.0 Å². The summed E-state index contributed by atoms with van der Waals surface area (Å²) in [5, 5.41) is 16.8. The van der Waals surface area contributed by atoms with Gasteiger partial charge in [-0.15, -0.1) is 10.2 Å². The van der Waals surface area contributed by atoms with E-state index < -0.39 is 0 Å². The van der Waals surface area contributed by atoms with Crippen molar-refractivity contribution in [1.29, 1.82) is 0 Å². The van der Waals surface area contributed by atoms with Gasteiger partial charge in [-0.05, 0) is 18.2 Å². The van der Waals surface area contributed by atoms with Crippen molar-refractivity contribution in [2.75, 3.05) is 6.54 Å². The molecule has 0 unspecified atom stereocenters. The maximum Gasteiger partial charge on any atom is 0.252 e. The van der Waals surface area contributed by atoms with Crippen LogP contribution in [0.3, 0.4) is 0 Å². The number of hydrogen-bond acceptors (Lipinski definition) is 4. The fourth-order valence-electron chi connectivity index (χ4n) is 1.35. The molecule has 0 atom stereocenters. The zero-order valence-electron chi connectivity index (χ0n) is 9.15. The average Bonchev–Trinajstić information content (AvgIpc) is 2.81. The molecule has 0 spiro atoms. The van der Waals surface area contributed by atoms with Crippen LogP contribution in [0.4, 0.5) is 0 Å². The first kappa shape index (κ1) is 12.8. The first-order chi connectivity index (χ1) is 8.66. The van der Waals surface area contributed by atoms with Crippen molar-refractivity contribution >= 4 is 29.1 Å². The summed E-state index contributed by atoms with van der Waals surface area (Å²) in [5.41, 5.74) is 0.383. The summed E-state index contributed by atoms with van der Waals surface area (Å²) < 4.78 is 0. The Labute approximate surface area is 113 Å². The highest BCUT2D eigenvalue weighted by molar-refractivity contribution is 6.36. The van der Waals surface area contributed by atoms with E-state index in [0.29, 0.717) is 34.4 Å². The number of nitrogens with one attached hydrogen (secondary N) is 2. The number of amides is 1. The van der Waals surface area contributed by atoms with Crippen LogP contribution in [0.1, 0.15) is 16.2 Å². The lowest BCUT2D eigenvalue weighted by Crippen LogP contribution is -2.26. The van der Waals surface area contributed by atoms with E-state index in [0.717, 1.165) is 0 Å². The highest BCUT2D eigenvalue weighted by Gasteiger charge is 2.10. The number of aromatic nitrogens is 4. The zero-order chi connectivity index (χ0) is 13.0. The first-order valence-electron chi connectivity index (χ1n) is 5.12. The highest BCUT2D eigenvalue weighted by Crippen LogP contribution is 2.20. The molecule has 0 aliphatic rings. The van der Waals surface area contributed by atoms with Crippen molar-refractivity contribution in [2.45, 2.75) is 6.42 Å². The van der Waals surface area contributed by atoms with Crippen LogP contribution in [0.15, 0.2) is 18.2 Å². The summed E-state index contributed by atoms with van der Waals surface area (Å²) in [7, 11) is 0. The quantitative estimate of drug-likeness (QED) is 0.891. The SMILES string of the molecule is O=C(NCCc1nn[nH]n1)c1ccc(Cl)cc1Cl. The normalized spacial score (nSPS) is 10.3. The first-order valence-corrected chi connectivity index (χ1v) is 5.88. The predicted octanol–water partition coefficient (Wildman–Crippen LogP) is 1.48. The fraction of sp³-hybridized carbons (Fsp3) is 0.200. The zero-order valence-corrected chi connectivity index (χ0v) is 10.7. The van der Waals surface area contributed by atoms with Gasteiger partial charge in [-0.2, -0.15) is 5.21 Å². The Balaban J connectivity index is 1.91. The molecule has 0 aliphatic carbocycles. The van der Waals surface area contributed by atoms with Crippen LogP contribution < -0.4 is 5.32 Å². The highest BCUT2D eigenvalue weighted by atomic mass is 35.5. The minimum absolute atomic E-state index is 0.264. The number of hydrogen-bond donors (Lipinski definition) is 2. The molecule has 0 saturated heterocycles. The van der Waals surface area contributed by atoms with Gasteiger partial charge in [0.1, 0.15) is 0 Å². The Morgan fingerprint density at radius 1 is 1.39 bits per heavy atom. The third kappa shape index (κ3) is 3.18. The Bertz CT molecular complexity index is 543. The number of carbonyl (C=O) groups excluding carboxylic acids is 1. The molecule has 94 valence electrons. The van der Waals surface area contributed by atoms with E-state index in [-0.39, 0.29) is 5.91 Å². The second-order valence-electron chi connectivity index (χ2n) is 3.46. The molecule has 18 heavy (non-hydrogen) atoms. The second-order valence-corrected chi connectivity index (χ2v) is 4.30. The molecule has 0 fully saturated rings. The van der Waals surface area contributed by atoms with E-state index in [1.807, 2.05) is 0 Å². The van der Waals surface area contributed by atoms with E-state index in [1.54, 1.807) is 12.1 Å². The van der Waals surface area contributed by atoms with Crippen LogP contribution in [-0.2, 0) is 6.42 Å². The maximum atomic E-state index is 11.8. The lowest BCUT2D eigenvalue weighted by atomic mass is 10.2. The number of nitrogens with zero attached hydrogens (tertiary/aromatic N) is 3. The van der Waals surface area contributed by atoms with Gasteiger partial charge >= 0.3 is 0 Å². The number of halogens is 2. The molecule has 1 aromatic heterocycles. The van der Waals surface area contributed by atoms with Gasteiger partial charge in [0.05, 0.1) is 10.6 Å². The van der Waals surface area contributed by atoms with E-state index >= 15 is 0 Å². The third-order valence-electron chi connectivity index (χ3n) is 2.20. The molecule has 0 saturated carbocycles. The number of tetrazole rings is 1. The topological polar surface area (TPSA) is 83.6 Å².